The minimum Gasteiger partial charge on any atom is -0.796 e. The summed E-state index contributed by atoms with van der Waals surface area (Å²) in [5.41, 5.74) is 6.82. The molecular weight excluding hydrogens is 574 g/mol. The van der Waals surface area contributed by atoms with E-state index in [0.717, 1.165) is 29.3 Å². The van der Waals surface area contributed by atoms with Crippen LogP contribution in [0.1, 0.15) is 33.1 Å². The second kappa shape index (κ2) is 17.9. The fourth-order valence-corrected chi connectivity index (χ4v) is 3.72. The molecule has 0 atom stereocenters. The van der Waals surface area contributed by atoms with Gasteiger partial charge < -0.3 is 39.1 Å². The zero-order valence-corrected chi connectivity index (χ0v) is 25.6. The van der Waals surface area contributed by atoms with Gasteiger partial charge in [0.2, 0.25) is 5.95 Å². The van der Waals surface area contributed by atoms with Crippen LogP contribution < -0.4 is 73.6 Å². The Kier molecular flexibility index (Phi) is 18.3. The molecular formula is C18H32IKN8OS2. The largest absolute Gasteiger partial charge is 1.00 e. The van der Waals surface area contributed by atoms with Crippen molar-refractivity contribution in [3.8, 4) is 0 Å². The van der Waals surface area contributed by atoms with E-state index >= 15 is 0 Å². The molecule has 0 aromatic carbocycles. The number of hydrazine groups is 1. The van der Waals surface area contributed by atoms with E-state index in [2.05, 4.69) is 54.4 Å². The summed E-state index contributed by atoms with van der Waals surface area (Å²) < 4.78 is 1.97. The van der Waals surface area contributed by atoms with Crippen LogP contribution in [0.5, 0.6) is 0 Å². The fourth-order valence-electron chi connectivity index (χ4n) is 2.46. The minimum absolute atomic E-state index is 0. The van der Waals surface area contributed by atoms with Gasteiger partial charge in [0.05, 0.1) is 11.6 Å². The van der Waals surface area contributed by atoms with E-state index in [0.29, 0.717) is 24.7 Å². The molecule has 2 aromatic rings. The predicted octanol–water partition coefficient (Wildman–Crippen LogP) is 0.0204. The van der Waals surface area contributed by atoms with Crippen LogP contribution in [0, 0.1) is 5.92 Å². The summed E-state index contributed by atoms with van der Waals surface area (Å²) in [6.07, 6.45) is 8.23. The van der Waals surface area contributed by atoms with Crippen molar-refractivity contribution in [2.24, 2.45) is 17.5 Å². The van der Waals surface area contributed by atoms with Crippen LogP contribution in [-0.2, 0) is 12.6 Å². The van der Waals surface area contributed by atoms with Crippen LogP contribution in [0.15, 0.2) is 24.3 Å². The van der Waals surface area contributed by atoms with Crippen LogP contribution in [0.25, 0.3) is 11.0 Å². The third-order valence-corrected chi connectivity index (χ3v) is 5.69. The second-order valence-electron chi connectivity index (χ2n) is 6.19. The first-order chi connectivity index (χ1) is 14.6. The van der Waals surface area contributed by atoms with Crippen LogP contribution in [0.4, 0.5) is 11.8 Å². The van der Waals surface area contributed by atoms with Gasteiger partial charge >= 0.3 is 51.4 Å². The topological polar surface area (TPSA) is 130 Å². The molecule has 1 aliphatic carbocycles. The summed E-state index contributed by atoms with van der Waals surface area (Å²) in [6.45, 7) is 5.49. The van der Waals surface area contributed by atoms with E-state index in [-0.39, 0.29) is 58.0 Å². The standard InChI is InChI=1S/C15H23IN8OS.C2H6.CH4S.K/c16-26-24-6-4-11-13(19-8-10-2-3-10)21-15(22-14(11)24)20-12(17)9-23(18)5-1-7-25;2*1-2;/h4,6,9-10,25H,1-3,5,7-8,17-18H2,(H2,19,20,21,22);1-2H3;2H,1H3;/q;;;+1/p-1/b12-9+;;;. The number of aliphatic hydroxyl groups excluding tert-OH is 1. The summed E-state index contributed by atoms with van der Waals surface area (Å²) in [7, 11) is 1.54. The Hall–Kier alpha value is 0.546. The normalized spacial score (nSPS) is 12.7. The van der Waals surface area contributed by atoms with E-state index in [1.807, 2.05) is 30.1 Å². The maximum absolute atomic E-state index is 8.86. The molecule has 0 aliphatic heterocycles. The van der Waals surface area contributed by atoms with Crippen LogP contribution in [0.3, 0.4) is 0 Å². The monoisotopic (exact) mass is 606 g/mol. The number of aliphatic hydroxyl groups is 1. The number of hydrogen-bond acceptors (Lipinski definition) is 10. The third-order valence-electron chi connectivity index (χ3n) is 3.98. The first-order valence-corrected chi connectivity index (χ1v) is 13.9. The zero-order chi connectivity index (χ0) is 22.5. The third kappa shape index (κ3) is 11.0. The molecule has 2 aromatic heterocycles. The number of halogens is 1. The zero-order valence-electron chi connectivity index (χ0n) is 18.6. The van der Waals surface area contributed by atoms with Gasteiger partial charge in [0.15, 0.2) is 5.65 Å². The fraction of sp³-hybridized carbons (Fsp3) is 0.556. The summed E-state index contributed by atoms with van der Waals surface area (Å²) in [6, 6.07) is 2.01. The molecule has 3 rings (SSSR count). The maximum Gasteiger partial charge on any atom is 1.00 e. The summed E-state index contributed by atoms with van der Waals surface area (Å²) >= 11 is 6.30. The molecule has 0 saturated heterocycles. The summed E-state index contributed by atoms with van der Waals surface area (Å²) in [4.78, 5) is 9.15. The molecule has 2 heterocycles. The van der Waals surface area contributed by atoms with E-state index < -0.39 is 0 Å². The van der Waals surface area contributed by atoms with Gasteiger partial charge in [-0.25, -0.2) is 5.84 Å². The first kappa shape index (κ1) is 31.5. The first-order valence-electron chi connectivity index (χ1n) is 9.80. The van der Waals surface area contributed by atoms with Gasteiger partial charge in [-0.2, -0.15) is 16.2 Å². The smallest absolute Gasteiger partial charge is 0.796 e. The molecule has 0 unspecified atom stereocenters. The molecule has 1 fully saturated rings. The van der Waals surface area contributed by atoms with E-state index in [9.17, 15) is 0 Å². The maximum atomic E-state index is 8.86. The Morgan fingerprint density at radius 3 is 2.68 bits per heavy atom. The van der Waals surface area contributed by atoms with E-state index in [4.69, 9.17) is 16.7 Å². The molecule has 170 valence electrons. The second-order valence-corrected chi connectivity index (χ2v) is 7.91. The molecule has 0 bridgehead atoms. The Morgan fingerprint density at radius 2 is 2.10 bits per heavy atom. The van der Waals surface area contributed by atoms with E-state index in [1.165, 1.54) is 17.9 Å². The Labute approximate surface area is 249 Å². The minimum atomic E-state index is 0. The molecule has 0 radical (unpaired) electrons. The SMILES string of the molecule is CC.C[S-].N/C(=C\N(N)CCCO)Nc1nc(NCC2CC2)c2ccn(SI)c2n1.[K+]. The van der Waals surface area contributed by atoms with Crippen LogP contribution in [0.2, 0.25) is 0 Å². The molecule has 31 heavy (non-hydrogen) atoms. The van der Waals surface area contributed by atoms with E-state index in [1.54, 1.807) is 21.6 Å². The average Bonchev–Trinajstić information content (AvgIpc) is 3.51. The quantitative estimate of drug-likeness (QED) is 0.0830. The molecule has 1 aliphatic rings. The molecule has 7 N–H and O–H groups in total. The number of rotatable bonds is 10. The van der Waals surface area contributed by atoms with Crippen molar-refractivity contribution < 1.29 is 56.5 Å². The van der Waals surface area contributed by atoms with Gasteiger partial charge in [0, 0.05) is 56.2 Å². The average molecular weight is 607 g/mol. The molecule has 0 amide bonds. The van der Waals surface area contributed by atoms with Crippen molar-refractivity contribution >= 4 is 65.8 Å². The van der Waals surface area contributed by atoms with Gasteiger partial charge in [0.25, 0.3) is 0 Å². The van der Waals surface area contributed by atoms with Gasteiger partial charge in [-0.05, 0) is 31.2 Å². The Bertz CT molecular complexity index is 791. The van der Waals surface area contributed by atoms with Gasteiger partial charge in [-0.1, -0.05) is 13.8 Å². The van der Waals surface area contributed by atoms with Crippen LogP contribution >= 0.6 is 30.3 Å². The number of nitrogens with zero attached hydrogens (tertiary/aromatic N) is 4. The van der Waals surface area contributed by atoms with Crippen molar-refractivity contribution in [3.05, 3.63) is 24.3 Å². The number of aromatic nitrogens is 3. The Morgan fingerprint density at radius 1 is 1.42 bits per heavy atom. The van der Waals surface area contributed by atoms with Crippen molar-refractivity contribution in [3.63, 3.8) is 0 Å². The molecule has 0 spiro atoms. The number of nitrogens with two attached hydrogens (primary N) is 2. The van der Waals surface area contributed by atoms with Gasteiger partial charge in [0.1, 0.15) is 11.6 Å². The number of fused-ring (bicyclic) bond motifs is 1. The van der Waals surface area contributed by atoms with Crippen molar-refractivity contribution in [1.29, 1.82) is 0 Å². The summed E-state index contributed by atoms with van der Waals surface area (Å²) in [5, 5.41) is 17.7. The van der Waals surface area contributed by atoms with Crippen molar-refractivity contribution in [2.75, 3.05) is 36.6 Å². The van der Waals surface area contributed by atoms with Gasteiger partial charge in [-0.3, -0.25) is 3.97 Å². The predicted molar refractivity (Wildman–Crippen MR) is 139 cm³/mol. The summed E-state index contributed by atoms with van der Waals surface area (Å²) in [5.74, 6) is 8.09. The van der Waals surface area contributed by atoms with Gasteiger partial charge in [-0.15, -0.1) is 0 Å². The number of hydrogen-bond donors (Lipinski definition) is 5. The molecule has 9 nitrogen and oxygen atoms in total. The molecule has 1 saturated carbocycles. The van der Waals surface area contributed by atoms with Crippen molar-refractivity contribution in [1.82, 2.24) is 18.9 Å². The van der Waals surface area contributed by atoms with Crippen LogP contribution in [-0.4, -0.2) is 50.0 Å². The molecule has 13 heteroatoms. The van der Waals surface area contributed by atoms with Crippen molar-refractivity contribution in [2.45, 2.75) is 33.1 Å². The number of anilines is 2. The number of nitrogens with one attached hydrogen (secondary N) is 2. The Balaban J connectivity index is 0.00000170.